The van der Waals surface area contributed by atoms with Crippen LogP contribution in [-0.4, -0.2) is 19.1 Å². The van der Waals surface area contributed by atoms with Crippen molar-refractivity contribution in [3.8, 4) is 6.07 Å². The van der Waals surface area contributed by atoms with E-state index in [9.17, 15) is 14.9 Å². The molecule has 0 saturated heterocycles. The van der Waals surface area contributed by atoms with Gasteiger partial charge in [-0.3, -0.25) is 13.9 Å². The number of benzene rings is 1. The summed E-state index contributed by atoms with van der Waals surface area (Å²) < 4.78 is 2.15. The van der Waals surface area contributed by atoms with E-state index in [-0.39, 0.29) is 17.9 Å². The van der Waals surface area contributed by atoms with Crippen molar-refractivity contribution in [1.29, 1.82) is 5.26 Å². The van der Waals surface area contributed by atoms with Crippen LogP contribution in [0.25, 0.3) is 11.0 Å². The number of para-hydroxylation sites is 1. The number of nitriles is 1. The van der Waals surface area contributed by atoms with Gasteiger partial charge < -0.3 is 10.3 Å². The molecule has 0 fully saturated rings. The summed E-state index contributed by atoms with van der Waals surface area (Å²) in [5, 5.41) is 12.2. The third-order valence-corrected chi connectivity index (χ3v) is 3.96. The smallest absolute Gasteiger partial charge is 0.332 e. The second-order valence-electron chi connectivity index (χ2n) is 5.55. The van der Waals surface area contributed by atoms with Gasteiger partial charge in [0, 0.05) is 14.1 Å². The Morgan fingerprint density at radius 3 is 2.71 bits per heavy atom. The van der Waals surface area contributed by atoms with Crippen molar-refractivity contribution in [2.45, 2.75) is 13.5 Å². The standard InChI is InChI=1S/C16H16N6O2/c1-9-5-4-6-11-13(9)20-12(19-11)8-18-14-10(7-17)15(23)22(3)16(24)21(14)2/h4-6,18H,8H2,1-3H3,(H,19,20). The molecule has 24 heavy (non-hydrogen) atoms. The van der Waals surface area contributed by atoms with Gasteiger partial charge in [0.2, 0.25) is 0 Å². The number of nitrogens with one attached hydrogen (secondary N) is 2. The summed E-state index contributed by atoms with van der Waals surface area (Å²) in [6.07, 6.45) is 0. The number of aromatic nitrogens is 4. The zero-order valence-electron chi connectivity index (χ0n) is 13.5. The van der Waals surface area contributed by atoms with Crippen molar-refractivity contribution < 1.29 is 0 Å². The Morgan fingerprint density at radius 1 is 1.29 bits per heavy atom. The number of H-pyrrole nitrogens is 1. The maximum Gasteiger partial charge on any atom is 0.332 e. The van der Waals surface area contributed by atoms with Crippen molar-refractivity contribution in [2.75, 3.05) is 5.32 Å². The number of imidazole rings is 1. The van der Waals surface area contributed by atoms with Crippen LogP contribution in [0.4, 0.5) is 5.82 Å². The Hall–Kier alpha value is -3.34. The van der Waals surface area contributed by atoms with Gasteiger partial charge >= 0.3 is 5.69 Å². The zero-order valence-corrected chi connectivity index (χ0v) is 13.5. The van der Waals surface area contributed by atoms with Gasteiger partial charge in [-0.15, -0.1) is 0 Å². The van der Waals surface area contributed by atoms with E-state index in [2.05, 4.69) is 15.3 Å². The summed E-state index contributed by atoms with van der Waals surface area (Å²) >= 11 is 0. The number of aromatic amines is 1. The lowest BCUT2D eigenvalue weighted by Crippen LogP contribution is -2.39. The lowest BCUT2D eigenvalue weighted by molar-refractivity contribution is 0.684. The minimum atomic E-state index is -0.622. The number of rotatable bonds is 3. The largest absolute Gasteiger partial charge is 0.363 e. The van der Waals surface area contributed by atoms with Crippen LogP contribution in [-0.2, 0) is 20.6 Å². The highest BCUT2D eigenvalue weighted by atomic mass is 16.2. The highest BCUT2D eigenvalue weighted by Gasteiger charge is 2.15. The Morgan fingerprint density at radius 2 is 2.04 bits per heavy atom. The highest BCUT2D eigenvalue weighted by Crippen LogP contribution is 2.16. The fourth-order valence-corrected chi connectivity index (χ4v) is 2.63. The third-order valence-electron chi connectivity index (χ3n) is 3.96. The van der Waals surface area contributed by atoms with Crippen molar-refractivity contribution in [1.82, 2.24) is 19.1 Å². The summed E-state index contributed by atoms with van der Waals surface area (Å²) in [4.78, 5) is 31.8. The van der Waals surface area contributed by atoms with Crippen LogP contribution in [0.15, 0.2) is 27.8 Å². The van der Waals surface area contributed by atoms with E-state index >= 15 is 0 Å². The predicted molar refractivity (Wildman–Crippen MR) is 89.8 cm³/mol. The highest BCUT2D eigenvalue weighted by molar-refractivity contribution is 5.78. The molecule has 2 N–H and O–H groups in total. The SMILES string of the molecule is Cc1cccc2[nH]c(CNc3c(C#N)c(=O)n(C)c(=O)n3C)nc12. The Balaban J connectivity index is 2.00. The second kappa shape index (κ2) is 5.70. The van der Waals surface area contributed by atoms with Gasteiger partial charge in [-0.2, -0.15) is 5.26 Å². The van der Waals surface area contributed by atoms with Gasteiger partial charge in [-0.1, -0.05) is 12.1 Å². The first-order valence-corrected chi connectivity index (χ1v) is 7.32. The lowest BCUT2D eigenvalue weighted by atomic mass is 10.2. The van der Waals surface area contributed by atoms with Gasteiger partial charge in [0.15, 0.2) is 5.56 Å². The Labute approximate surface area is 137 Å². The van der Waals surface area contributed by atoms with E-state index in [1.165, 1.54) is 18.7 Å². The van der Waals surface area contributed by atoms with Crippen LogP contribution in [0, 0.1) is 18.3 Å². The summed E-state index contributed by atoms with van der Waals surface area (Å²) in [5.74, 6) is 0.832. The molecule has 0 aliphatic rings. The number of hydrogen-bond donors (Lipinski definition) is 2. The van der Waals surface area contributed by atoms with Crippen LogP contribution in [0.3, 0.4) is 0 Å². The molecule has 2 heterocycles. The number of anilines is 1. The summed E-state index contributed by atoms with van der Waals surface area (Å²) in [7, 11) is 2.85. The molecule has 3 aromatic rings. The second-order valence-corrected chi connectivity index (χ2v) is 5.55. The average molecular weight is 324 g/mol. The number of nitrogens with zero attached hydrogens (tertiary/aromatic N) is 4. The van der Waals surface area contributed by atoms with E-state index in [1.54, 1.807) is 0 Å². The third kappa shape index (κ3) is 2.36. The number of aryl methyl sites for hydroxylation is 1. The molecule has 0 amide bonds. The lowest BCUT2D eigenvalue weighted by Gasteiger charge is -2.12. The zero-order chi connectivity index (χ0) is 17.4. The van der Waals surface area contributed by atoms with E-state index < -0.39 is 11.2 Å². The molecule has 8 nitrogen and oxygen atoms in total. The molecule has 8 heteroatoms. The molecule has 0 unspecified atom stereocenters. The van der Waals surface area contributed by atoms with Crippen molar-refractivity contribution >= 4 is 16.9 Å². The topological polar surface area (TPSA) is 109 Å². The molecule has 1 aromatic carbocycles. The average Bonchev–Trinajstić information content (AvgIpc) is 2.99. The Kier molecular flexibility index (Phi) is 3.69. The first-order chi connectivity index (χ1) is 11.4. The van der Waals surface area contributed by atoms with E-state index in [0.717, 1.165) is 21.2 Å². The predicted octanol–water partition coefficient (Wildman–Crippen LogP) is 0.752. The normalized spacial score (nSPS) is 10.8. The van der Waals surface area contributed by atoms with Gasteiger partial charge in [0.1, 0.15) is 17.7 Å². The molecular formula is C16H16N6O2. The van der Waals surface area contributed by atoms with Crippen molar-refractivity contribution in [2.24, 2.45) is 14.1 Å². The van der Waals surface area contributed by atoms with Gasteiger partial charge in [-0.25, -0.2) is 9.78 Å². The van der Waals surface area contributed by atoms with E-state index in [4.69, 9.17) is 0 Å². The number of hydrogen-bond acceptors (Lipinski definition) is 5. The van der Waals surface area contributed by atoms with Gasteiger partial charge in [-0.05, 0) is 18.6 Å². The van der Waals surface area contributed by atoms with Crippen molar-refractivity contribution in [3.63, 3.8) is 0 Å². The molecule has 0 bridgehead atoms. The quantitative estimate of drug-likeness (QED) is 0.739. The van der Waals surface area contributed by atoms with Crippen molar-refractivity contribution in [3.05, 3.63) is 56.0 Å². The van der Waals surface area contributed by atoms with Crippen LogP contribution in [0.1, 0.15) is 17.0 Å². The van der Waals surface area contributed by atoms with E-state index in [1.807, 2.05) is 31.2 Å². The molecule has 3 rings (SSSR count). The molecular weight excluding hydrogens is 308 g/mol. The van der Waals surface area contributed by atoms with Crippen LogP contribution >= 0.6 is 0 Å². The van der Waals surface area contributed by atoms with Gasteiger partial charge in [0.05, 0.1) is 17.6 Å². The molecule has 0 atom stereocenters. The van der Waals surface area contributed by atoms with Gasteiger partial charge in [0.25, 0.3) is 5.56 Å². The summed E-state index contributed by atoms with van der Waals surface area (Å²) in [6.45, 7) is 2.22. The summed E-state index contributed by atoms with van der Waals surface area (Å²) in [6, 6.07) is 7.69. The first-order valence-electron chi connectivity index (χ1n) is 7.32. The van der Waals surface area contributed by atoms with Crippen LogP contribution in [0.5, 0.6) is 0 Å². The summed E-state index contributed by atoms with van der Waals surface area (Å²) in [5.41, 5.74) is 1.60. The maximum atomic E-state index is 12.1. The Bertz CT molecular complexity index is 1100. The molecule has 0 aliphatic carbocycles. The van der Waals surface area contributed by atoms with Crippen LogP contribution in [0.2, 0.25) is 0 Å². The first kappa shape index (κ1) is 15.6. The monoisotopic (exact) mass is 324 g/mol. The molecule has 122 valence electrons. The van der Waals surface area contributed by atoms with Crippen LogP contribution < -0.4 is 16.6 Å². The minimum Gasteiger partial charge on any atom is -0.363 e. The molecule has 0 saturated carbocycles. The molecule has 0 aliphatic heterocycles. The maximum absolute atomic E-state index is 12.1. The molecule has 0 radical (unpaired) electrons. The fourth-order valence-electron chi connectivity index (χ4n) is 2.63. The number of fused-ring (bicyclic) bond motifs is 1. The van der Waals surface area contributed by atoms with E-state index in [0.29, 0.717) is 5.82 Å². The minimum absolute atomic E-state index is 0.105. The fraction of sp³-hybridized carbons (Fsp3) is 0.250. The molecule has 2 aromatic heterocycles. The molecule has 0 spiro atoms.